The van der Waals surface area contributed by atoms with Gasteiger partial charge in [-0.05, 0) is 18.2 Å². The van der Waals surface area contributed by atoms with Crippen LogP contribution in [0.15, 0.2) is 49.1 Å². The van der Waals surface area contributed by atoms with E-state index in [1.165, 1.54) is 6.07 Å². The summed E-state index contributed by atoms with van der Waals surface area (Å²) in [5.74, 6) is -0.00319. The van der Waals surface area contributed by atoms with Crippen molar-refractivity contribution in [3.63, 3.8) is 0 Å². The molecule has 0 amide bonds. The summed E-state index contributed by atoms with van der Waals surface area (Å²) in [5, 5.41) is 5.11. The van der Waals surface area contributed by atoms with E-state index in [0.717, 1.165) is 10.9 Å². The van der Waals surface area contributed by atoms with Crippen molar-refractivity contribution in [2.45, 2.75) is 0 Å². The fourth-order valence-electron chi connectivity index (χ4n) is 2.14. The predicted molar refractivity (Wildman–Crippen MR) is 71.5 cm³/mol. The number of fused-ring (bicyclic) bond motifs is 3. The molecule has 1 aromatic carbocycles. The van der Waals surface area contributed by atoms with Gasteiger partial charge in [0.15, 0.2) is 11.5 Å². The van der Waals surface area contributed by atoms with E-state index >= 15 is 0 Å². The topological polar surface area (TPSA) is 56.0 Å². The van der Waals surface area contributed by atoms with E-state index in [1.54, 1.807) is 41.4 Å². The third-order valence-electron chi connectivity index (χ3n) is 3.09. The summed E-state index contributed by atoms with van der Waals surface area (Å²) >= 11 is 0. The number of benzene rings is 1. The Bertz CT molecular complexity index is 931. The second-order valence-corrected chi connectivity index (χ2v) is 4.32. The number of aromatic nitrogens is 5. The van der Waals surface area contributed by atoms with E-state index < -0.39 is 0 Å². The third kappa shape index (κ3) is 1.55. The lowest BCUT2D eigenvalue weighted by molar-refractivity contribution is 0.630. The third-order valence-corrected chi connectivity index (χ3v) is 3.09. The molecule has 0 radical (unpaired) electrons. The minimum absolute atomic E-state index is 0.342. The van der Waals surface area contributed by atoms with Gasteiger partial charge in [0.05, 0.1) is 17.3 Å². The zero-order valence-corrected chi connectivity index (χ0v) is 10.2. The highest BCUT2D eigenvalue weighted by molar-refractivity contribution is 5.90. The van der Waals surface area contributed by atoms with Crippen molar-refractivity contribution >= 4 is 16.6 Å². The Morgan fingerprint density at radius 2 is 2.00 bits per heavy atom. The Hall–Kier alpha value is -2.89. The monoisotopic (exact) mass is 265 g/mol. The maximum atomic E-state index is 13.8. The second-order valence-electron chi connectivity index (χ2n) is 4.32. The summed E-state index contributed by atoms with van der Waals surface area (Å²) in [6, 6.07) is 8.25. The Balaban J connectivity index is 2.04. The van der Waals surface area contributed by atoms with Gasteiger partial charge >= 0.3 is 0 Å². The van der Waals surface area contributed by atoms with E-state index in [0.29, 0.717) is 17.0 Å². The first kappa shape index (κ1) is 11.0. The first-order valence-corrected chi connectivity index (χ1v) is 6.03. The molecule has 5 nitrogen and oxygen atoms in total. The maximum Gasteiger partial charge on any atom is 0.185 e. The Kier molecular flexibility index (Phi) is 2.23. The quantitative estimate of drug-likeness (QED) is 0.530. The fourth-order valence-corrected chi connectivity index (χ4v) is 2.14. The molecule has 0 atom stereocenters. The van der Waals surface area contributed by atoms with Gasteiger partial charge in [-0.2, -0.15) is 0 Å². The van der Waals surface area contributed by atoms with Crippen LogP contribution in [0.2, 0.25) is 0 Å². The Labute approximate surface area is 112 Å². The molecule has 6 heteroatoms. The molecule has 0 unspecified atom stereocenters. The van der Waals surface area contributed by atoms with Crippen molar-refractivity contribution in [3.8, 4) is 11.4 Å². The molecule has 3 aromatic heterocycles. The minimum Gasteiger partial charge on any atom is -0.262 e. The molecule has 0 saturated carbocycles. The zero-order valence-electron chi connectivity index (χ0n) is 10.2. The molecule has 0 aliphatic carbocycles. The standard InChI is InChI=1S/C14H8FN5/c15-11-4-2-1-3-9(11)13-18-14-10-5-6-16-7-12(10)17-8-20(14)19-13/h1-8H. The predicted octanol–water partition coefficient (Wildman–Crippen LogP) is 2.48. The number of hydrogen-bond acceptors (Lipinski definition) is 4. The smallest absolute Gasteiger partial charge is 0.185 e. The molecule has 0 fully saturated rings. The first-order valence-electron chi connectivity index (χ1n) is 6.03. The minimum atomic E-state index is -0.345. The van der Waals surface area contributed by atoms with Crippen molar-refractivity contribution in [2.75, 3.05) is 0 Å². The molecule has 3 heterocycles. The molecule has 20 heavy (non-hydrogen) atoms. The van der Waals surface area contributed by atoms with Gasteiger partial charge in [0, 0.05) is 11.6 Å². The summed E-state index contributed by atoms with van der Waals surface area (Å²) in [7, 11) is 0. The second kappa shape index (κ2) is 4.06. The van der Waals surface area contributed by atoms with Crippen molar-refractivity contribution in [1.29, 1.82) is 0 Å². The van der Waals surface area contributed by atoms with Gasteiger partial charge in [0.25, 0.3) is 0 Å². The van der Waals surface area contributed by atoms with Crippen molar-refractivity contribution in [3.05, 3.63) is 54.9 Å². The lowest BCUT2D eigenvalue weighted by Gasteiger charge is -1.95. The van der Waals surface area contributed by atoms with E-state index in [2.05, 4.69) is 20.1 Å². The van der Waals surface area contributed by atoms with Gasteiger partial charge in [0.1, 0.15) is 12.1 Å². The van der Waals surface area contributed by atoms with E-state index in [-0.39, 0.29) is 5.82 Å². The van der Waals surface area contributed by atoms with Crippen LogP contribution in [-0.2, 0) is 0 Å². The summed E-state index contributed by atoms with van der Waals surface area (Å²) in [5.41, 5.74) is 1.74. The van der Waals surface area contributed by atoms with E-state index in [1.807, 2.05) is 6.07 Å². The van der Waals surface area contributed by atoms with Crippen LogP contribution in [0, 0.1) is 5.82 Å². The lowest BCUT2D eigenvalue weighted by atomic mass is 10.2. The highest BCUT2D eigenvalue weighted by atomic mass is 19.1. The Morgan fingerprint density at radius 3 is 2.90 bits per heavy atom. The van der Waals surface area contributed by atoms with Crippen LogP contribution < -0.4 is 0 Å². The normalized spacial score (nSPS) is 11.2. The summed E-state index contributed by atoms with van der Waals surface area (Å²) in [6.45, 7) is 0. The van der Waals surface area contributed by atoms with E-state index in [9.17, 15) is 4.39 Å². The highest BCUT2D eigenvalue weighted by Crippen LogP contribution is 2.22. The van der Waals surface area contributed by atoms with Crippen LogP contribution in [0.3, 0.4) is 0 Å². The molecule has 0 aliphatic rings. The number of pyridine rings is 1. The maximum absolute atomic E-state index is 13.8. The molecule has 4 rings (SSSR count). The molecule has 0 N–H and O–H groups in total. The molecule has 0 saturated heterocycles. The van der Waals surface area contributed by atoms with Crippen LogP contribution in [0.5, 0.6) is 0 Å². The molecule has 0 aliphatic heterocycles. The largest absolute Gasteiger partial charge is 0.262 e. The van der Waals surface area contributed by atoms with E-state index in [4.69, 9.17) is 0 Å². The molecule has 0 spiro atoms. The number of hydrogen-bond donors (Lipinski definition) is 0. The van der Waals surface area contributed by atoms with Gasteiger partial charge in [-0.15, -0.1) is 5.10 Å². The van der Waals surface area contributed by atoms with Crippen molar-refractivity contribution in [1.82, 2.24) is 24.6 Å². The van der Waals surface area contributed by atoms with Crippen LogP contribution >= 0.6 is 0 Å². The molecular weight excluding hydrogens is 257 g/mol. The number of halogens is 1. The number of rotatable bonds is 1. The lowest BCUT2D eigenvalue weighted by Crippen LogP contribution is -1.91. The molecule has 4 aromatic rings. The first-order chi connectivity index (χ1) is 9.83. The molecular formula is C14H8FN5. The summed E-state index contributed by atoms with van der Waals surface area (Å²) in [6.07, 6.45) is 4.88. The SMILES string of the molecule is Fc1ccccc1-c1nc2c3ccncc3ncn2n1. The summed E-state index contributed by atoms with van der Waals surface area (Å²) < 4.78 is 15.3. The van der Waals surface area contributed by atoms with Crippen molar-refractivity contribution in [2.24, 2.45) is 0 Å². The van der Waals surface area contributed by atoms with Crippen LogP contribution in [0.1, 0.15) is 0 Å². The zero-order chi connectivity index (χ0) is 13.5. The van der Waals surface area contributed by atoms with Crippen molar-refractivity contribution < 1.29 is 4.39 Å². The molecule has 0 bridgehead atoms. The van der Waals surface area contributed by atoms with Gasteiger partial charge in [-0.3, -0.25) is 4.98 Å². The van der Waals surface area contributed by atoms with Gasteiger partial charge in [0.2, 0.25) is 0 Å². The van der Waals surface area contributed by atoms with Crippen LogP contribution in [-0.4, -0.2) is 24.6 Å². The van der Waals surface area contributed by atoms with Crippen LogP contribution in [0.4, 0.5) is 4.39 Å². The fraction of sp³-hybridized carbons (Fsp3) is 0. The average Bonchev–Trinajstić information content (AvgIpc) is 2.92. The van der Waals surface area contributed by atoms with Gasteiger partial charge < -0.3 is 0 Å². The molecule has 96 valence electrons. The van der Waals surface area contributed by atoms with Crippen LogP contribution in [0.25, 0.3) is 27.9 Å². The highest BCUT2D eigenvalue weighted by Gasteiger charge is 2.12. The summed E-state index contributed by atoms with van der Waals surface area (Å²) in [4.78, 5) is 12.7. The number of nitrogens with zero attached hydrogens (tertiary/aromatic N) is 5. The van der Waals surface area contributed by atoms with Gasteiger partial charge in [-0.25, -0.2) is 18.9 Å². The van der Waals surface area contributed by atoms with Gasteiger partial charge in [-0.1, -0.05) is 12.1 Å². The Morgan fingerprint density at radius 1 is 1.10 bits per heavy atom. The average molecular weight is 265 g/mol.